The third-order valence-corrected chi connectivity index (χ3v) is 21.3. The van der Waals surface area contributed by atoms with E-state index < -0.39 is 24.2 Å². The average Bonchev–Trinajstić information content (AvgIpc) is 3.70. The fourth-order valence-electron chi connectivity index (χ4n) is 8.62. The molecule has 3 aliphatic carbocycles. The molecule has 4 aromatic rings. The van der Waals surface area contributed by atoms with Gasteiger partial charge in [0.1, 0.15) is 8.07 Å². The van der Waals surface area contributed by atoms with Gasteiger partial charge in [0, 0.05) is 0 Å². The van der Waals surface area contributed by atoms with Crippen molar-refractivity contribution in [3.8, 4) is 22.3 Å². The minimum absolute atomic E-state index is 0.835. The van der Waals surface area contributed by atoms with Crippen molar-refractivity contribution in [2.24, 2.45) is 0 Å². The molecule has 0 aromatic heterocycles. The Morgan fingerprint density at radius 3 is 1.28 bits per heavy atom. The molecule has 0 N–H and O–H groups in total. The maximum atomic E-state index is 2.77. The lowest BCUT2D eigenvalue weighted by Crippen LogP contribution is -2.43. The van der Waals surface area contributed by atoms with E-state index in [1.54, 1.807) is 10.4 Å². The van der Waals surface area contributed by atoms with E-state index in [0.29, 0.717) is 0 Å². The third-order valence-electron chi connectivity index (χ3n) is 11.7. The lowest BCUT2D eigenvalue weighted by atomic mass is 9.97. The fourth-order valence-corrected chi connectivity index (χ4v) is 16.0. The minimum Gasteiger partial charge on any atom is -0.0709 e. The molecule has 0 aliphatic heterocycles. The van der Waals surface area contributed by atoms with E-state index in [0.717, 1.165) is 18.4 Å². The number of allylic oxidation sites excluding steroid dienone is 2. The van der Waals surface area contributed by atoms with Crippen molar-refractivity contribution < 1.29 is 0 Å². The molecule has 0 bridgehead atoms. The SMILES string of the molecule is C[Si](C)(C)c1ccc(-c2cccc3c2C=C([Si](C)(C2=Cc4c(cccc4-c4ccc([Si](C)(C)C)cc4)C2)C2CCCCC2)C3)cc1. The number of hydrogen-bond acceptors (Lipinski definition) is 0. The third kappa shape index (κ3) is 5.73. The number of rotatable bonds is 7. The van der Waals surface area contributed by atoms with Gasteiger partial charge < -0.3 is 0 Å². The average molecular weight is 653 g/mol. The highest BCUT2D eigenvalue weighted by molar-refractivity contribution is 6.94. The molecule has 0 saturated heterocycles. The highest BCUT2D eigenvalue weighted by Gasteiger charge is 2.46. The lowest BCUT2D eigenvalue weighted by molar-refractivity contribution is 0.493. The molecule has 0 unspecified atom stereocenters. The summed E-state index contributed by atoms with van der Waals surface area (Å²) in [5, 5.41) is 6.63. The Morgan fingerprint density at radius 1 is 0.478 bits per heavy atom. The van der Waals surface area contributed by atoms with Crippen LogP contribution in [0.2, 0.25) is 51.4 Å². The summed E-state index contributed by atoms with van der Waals surface area (Å²) in [6.07, 6.45) is 14.7. The number of hydrogen-bond donors (Lipinski definition) is 0. The van der Waals surface area contributed by atoms with E-state index in [4.69, 9.17) is 0 Å². The summed E-state index contributed by atoms with van der Waals surface area (Å²) in [6, 6.07) is 33.3. The van der Waals surface area contributed by atoms with Gasteiger partial charge in [0.05, 0.1) is 16.1 Å². The zero-order chi connectivity index (χ0) is 32.3. The summed E-state index contributed by atoms with van der Waals surface area (Å²) in [4.78, 5) is 0. The quantitative estimate of drug-likeness (QED) is 0.174. The standard InChI is InChI=1S/C43H52Si3/c1-44(2,3)35-23-19-31(20-24-35)40-17-11-13-33-27-38(29-42(33)40)46(7,37-15-9-8-10-16-37)39-28-34-14-12-18-41(43(34)30-39)32-21-25-36(26-22-32)45(4,5)6/h11-14,17-26,29-30,37H,8-10,15-16,27-28H2,1-7H3. The van der Waals surface area contributed by atoms with E-state index in [-0.39, 0.29) is 0 Å². The maximum Gasteiger partial charge on any atom is 0.109 e. The first kappa shape index (κ1) is 31.6. The van der Waals surface area contributed by atoms with E-state index in [9.17, 15) is 0 Å². The molecule has 0 heterocycles. The van der Waals surface area contributed by atoms with Crippen molar-refractivity contribution in [2.45, 2.75) is 96.3 Å². The van der Waals surface area contributed by atoms with Crippen LogP contribution in [0.15, 0.2) is 95.3 Å². The summed E-state index contributed by atoms with van der Waals surface area (Å²) in [5.41, 5.74) is 12.5. The molecular formula is C43H52Si3. The molecule has 7 rings (SSSR count). The highest BCUT2D eigenvalue weighted by Crippen LogP contribution is 2.51. The van der Waals surface area contributed by atoms with Crippen LogP contribution in [0.1, 0.15) is 54.4 Å². The van der Waals surface area contributed by atoms with Gasteiger partial charge in [0.15, 0.2) is 0 Å². The van der Waals surface area contributed by atoms with Crippen LogP contribution >= 0.6 is 0 Å². The summed E-state index contributed by atoms with van der Waals surface area (Å²) in [5.74, 6) is 0. The molecule has 0 radical (unpaired) electrons. The van der Waals surface area contributed by atoms with Gasteiger partial charge in [-0.1, -0.05) is 196 Å². The van der Waals surface area contributed by atoms with Gasteiger partial charge in [0.2, 0.25) is 0 Å². The van der Waals surface area contributed by atoms with Crippen LogP contribution in [0.3, 0.4) is 0 Å². The Bertz CT molecular complexity index is 1690. The number of fused-ring (bicyclic) bond motifs is 2. The Kier molecular flexibility index (Phi) is 8.18. The summed E-state index contributed by atoms with van der Waals surface area (Å²) in [7, 11) is -4.60. The summed E-state index contributed by atoms with van der Waals surface area (Å²) < 4.78 is 0. The topological polar surface area (TPSA) is 0 Å². The molecule has 4 aromatic carbocycles. The first-order chi connectivity index (χ1) is 21.9. The van der Waals surface area contributed by atoms with Crippen molar-refractivity contribution in [3.05, 3.63) is 118 Å². The molecule has 0 atom stereocenters. The van der Waals surface area contributed by atoms with Crippen LogP contribution in [0.4, 0.5) is 0 Å². The van der Waals surface area contributed by atoms with Crippen LogP contribution in [-0.2, 0) is 12.8 Å². The van der Waals surface area contributed by atoms with Crippen molar-refractivity contribution >= 4 is 46.7 Å². The Hall–Kier alpha value is -2.99. The van der Waals surface area contributed by atoms with Crippen molar-refractivity contribution in [1.29, 1.82) is 0 Å². The lowest BCUT2D eigenvalue weighted by Gasteiger charge is -2.41. The van der Waals surface area contributed by atoms with Crippen LogP contribution in [-0.4, -0.2) is 24.2 Å². The fraction of sp³-hybridized carbons (Fsp3) is 0.349. The van der Waals surface area contributed by atoms with Crippen molar-refractivity contribution in [3.63, 3.8) is 0 Å². The minimum atomic E-state index is -1.96. The molecular weight excluding hydrogens is 601 g/mol. The van der Waals surface area contributed by atoms with Gasteiger partial charge >= 0.3 is 0 Å². The van der Waals surface area contributed by atoms with Gasteiger partial charge in [-0.2, -0.15) is 0 Å². The van der Waals surface area contributed by atoms with Gasteiger partial charge in [-0.25, -0.2) is 0 Å². The summed E-state index contributed by atoms with van der Waals surface area (Å²) >= 11 is 0. The summed E-state index contributed by atoms with van der Waals surface area (Å²) in [6.45, 7) is 17.4. The predicted molar refractivity (Wildman–Crippen MR) is 212 cm³/mol. The highest BCUT2D eigenvalue weighted by atomic mass is 28.3. The Morgan fingerprint density at radius 2 is 0.891 bits per heavy atom. The molecule has 1 saturated carbocycles. The van der Waals surface area contributed by atoms with Crippen LogP contribution in [0.5, 0.6) is 0 Å². The zero-order valence-electron chi connectivity index (χ0n) is 29.3. The van der Waals surface area contributed by atoms with Gasteiger partial charge in [-0.05, 0) is 62.9 Å². The van der Waals surface area contributed by atoms with E-state index in [1.807, 2.05) is 0 Å². The van der Waals surface area contributed by atoms with E-state index in [2.05, 4.69) is 143 Å². The maximum absolute atomic E-state index is 2.77. The van der Waals surface area contributed by atoms with E-state index >= 15 is 0 Å². The first-order valence-electron chi connectivity index (χ1n) is 17.8. The molecule has 46 heavy (non-hydrogen) atoms. The first-order valence-corrected chi connectivity index (χ1v) is 27.4. The molecule has 0 nitrogen and oxygen atoms in total. The predicted octanol–water partition coefficient (Wildman–Crippen LogP) is 11.2. The molecule has 1 fully saturated rings. The second kappa shape index (κ2) is 11.9. The smallest absolute Gasteiger partial charge is 0.0709 e. The van der Waals surface area contributed by atoms with Gasteiger partial charge in [0.25, 0.3) is 0 Å². The van der Waals surface area contributed by atoms with Gasteiger partial charge in [-0.15, -0.1) is 0 Å². The Balaban J connectivity index is 1.29. The van der Waals surface area contributed by atoms with Crippen LogP contribution in [0, 0.1) is 0 Å². The molecule has 236 valence electrons. The Labute approximate surface area is 281 Å². The second-order valence-electron chi connectivity index (χ2n) is 16.6. The normalized spacial score (nSPS) is 17.0. The molecule has 3 aliphatic rings. The number of benzene rings is 4. The monoisotopic (exact) mass is 652 g/mol. The zero-order valence-corrected chi connectivity index (χ0v) is 32.3. The molecule has 0 amide bonds. The van der Waals surface area contributed by atoms with Crippen molar-refractivity contribution in [1.82, 2.24) is 0 Å². The largest absolute Gasteiger partial charge is 0.109 e. The second-order valence-corrected chi connectivity index (χ2v) is 31.3. The molecule has 3 heteroatoms. The van der Waals surface area contributed by atoms with E-state index in [1.165, 1.54) is 87.0 Å². The van der Waals surface area contributed by atoms with Crippen molar-refractivity contribution in [2.75, 3.05) is 0 Å². The van der Waals surface area contributed by atoms with Crippen LogP contribution < -0.4 is 10.4 Å². The van der Waals surface area contributed by atoms with Gasteiger partial charge in [-0.3, -0.25) is 0 Å². The molecule has 0 spiro atoms. The van der Waals surface area contributed by atoms with Crippen LogP contribution in [0.25, 0.3) is 34.4 Å².